The highest BCUT2D eigenvalue weighted by Crippen LogP contribution is 2.20. The molecule has 132 valence electrons. The van der Waals surface area contributed by atoms with Crippen LogP contribution in [0.15, 0.2) is 42.5 Å². The minimum absolute atomic E-state index is 0.122. The van der Waals surface area contributed by atoms with Crippen molar-refractivity contribution in [3.8, 4) is 5.75 Å². The number of anilines is 1. The third kappa shape index (κ3) is 5.12. The number of aromatic hydroxyl groups is 1. The average Bonchev–Trinajstić information content (AvgIpc) is 2.58. The van der Waals surface area contributed by atoms with Gasteiger partial charge in [0.25, 0.3) is 5.91 Å². The maximum atomic E-state index is 12.4. The molecule has 7 heteroatoms. The van der Waals surface area contributed by atoms with E-state index in [1.807, 2.05) is 0 Å². The molecular formula is C18H19ClN2O4. The number of carbonyl (C=O) groups excluding carboxylic acids is 2. The van der Waals surface area contributed by atoms with Gasteiger partial charge in [0.15, 0.2) is 0 Å². The van der Waals surface area contributed by atoms with Gasteiger partial charge in [-0.3, -0.25) is 4.79 Å². The lowest BCUT2D eigenvalue weighted by molar-refractivity contribution is -0.145. The van der Waals surface area contributed by atoms with Crippen molar-refractivity contribution in [1.29, 1.82) is 0 Å². The molecule has 0 saturated carbocycles. The molecule has 4 N–H and O–H groups in total. The number of hydrogen-bond donors (Lipinski definition) is 3. The topological polar surface area (TPSA) is 102 Å². The van der Waals surface area contributed by atoms with Gasteiger partial charge in [0, 0.05) is 12.0 Å². The first kappa shape index (κ1) is 18.6. The number of rotatable bonds is 6. The normalized spacial score (nSPS) is 11.6. The fourth-order valence-electron chi connectivity index (χ4n) is 2.21. The number of phenolic OH excluding ortho intramolecular Hbond substituents is 1. The van der Waals surface area contributed by atoms with E-state index in [0.717, 1.165) is 5.56 Å². The second kappa shape index (κ2) is 8.39. The van der Waals surface area contributed by atoms with E-state index in [1.165, 1.54) is 30.3 Å². The van der Waals surface area contributed by atoms with Crippen molar-refractivity contribution in [3.05, 3.63) is 58.6 Å². The van der Waals surface area contributed by atoms with E-state index < -0.39 is 17.9 Å². The third-order valence-corrected chi connectivity index (χ3v) is 3.84. The van der Waals surface area contributed by atoms with E-state index >= 15 is 0 Å². The average molecular weight is 363 g/mol. The fourth-order valence-corrected chi connectivity index (χ4v) is 2.39. The Labute approximate surface area is 150 Å². The van der Waals surface area contributed by atoms with E-state index in [2.05, 4.69) is 5.32 Å². The van der Waals surface area contributed by atoms with Crippen LogP contribution in [0.4, 0.5) is 5.69 Å². The summed E-state index contributed by atoms with van der Waals surface area (Å²) in [4.78, 5) is 24.6. The van der Waals surface area contributed by atoms with Gasteiger partial charge in [-0.05, 0) is 42.8 Å². The molecule has 2 aromatic rings. The van der Waals surface area contributed by atoms with Crippen LogP contribution in [0.2, 0.25) is 5.02 Å². The second-order valence-corrected chi connectivity index (χ2v) is 5.79. The zero-order valence-corrected chi connectivity index (χ0v) is 14.4. The molecule has 0 radical (unpaired) electrons. The molecule has 0 saturated heterocycles. The van der Waals surface area contributed by atoms with Gasteiger partial charge in [-0.2, -0.15) is 0 Å². The van der Waals surface area contributed by atoms with Crippen molar-refractivity contribution < 1.29 is 19.4 Å². The zero-order chi connectivity index (χ0) is 18.4. The molecule has 0 spiro atoms. The maximum absolute atomic E-state index is 12.4. The van der Waals surface area contributed by atoms with Crippen LogP contribution in [-0.2, 0) is 16.0 Å². The molecule has 6 nitrogen and oxygen atoms in total. The number of carbonyl (C=O) groups is 2. The molecule has 2 rings (SSSR count). The molecule has 0 aliphatic carbocycles. The van der Waals surface area contributed by atoms with Gasteiger partial charge in [-0.1, -0.05) is 23.7 Å². The van der Waals surface area contributed by atoms with Crippen LogP contribution in [0.3, 0.4) is 0 Å². The Kier molecular flexibility index (Phi) is 6.25. The van der Waals surface area contributed by atoms with E-state index in [1.54, 1.807) is 19.1 Å². The lowest BCUT2D eigenvalue weighted by Crippen LogP contribution is -2.43. The van der Waals surface area contributed by atoms with Crippen LogP contribution in [0.5, 0.6) is 5.75 Å². The number of amides is 1. The minimum atomic E-state index is -0.867. The highest BCUT2D eigenvalue weighted by molar-refractivity contribution is 6.33. The number of benzene rings is 2. The molecule has 1 unspecified atom stereocenters. The fraction of sp³-hybridized carbons (Fsp3) is 0.222. The molecule has 0 bridgehead atoms. The number of phenols is 1. The molecule has 0 aromatic heterocycles. The highest BCUT2D eigenvalue weighted by atomic mass is 35.5. The Morgan fingerprint density at radius 1 is 1.24 bits per heavy atom. The van der Waals surface area contributed by atoms with Crippen LogP contribution < -0.4 is 11.1 Å². The molecule has 0 heterocycles. The Balaban J connectivity index is 2.16. The third-order valence-electron chi connectivity index (χ3n) is 3.52. The molecule has 25 heavy (non-hydrogen) atoms. The Morgan fingerprint density at radius 3 is 2.52 bits per heavy atom. The van der Waals surface area contributed by atoms with E-state index in [4.69, 9.17) is 22.1 Å². The molecular weight excluding hydrogens is 344 g/mol. The van der Waals surface area contributed by atoms with Crippen molar-refractivity contribution in [2.45, 2.75) is 19.4 Å². The first-order valence-corrected chi connectivity index (χ1v) is 8.09. The predicted octanol–water partition coefficient (Wildman–Crippen LogP) is 2.53. The van der Waals surface area contributed by atoms with E-state index in [9.17, 15) is 14.7 Å². The van der Waals surface area contributed by atoms with Crippen molar-refractivity contribution in [3.63, 3.8) is 0 Å². The Morgan fingerprint density at radius 2 is 1.92 bits per heavy atom. The van der Waals surface area contributed by atoms with E-state index in [0.29, 0.717) is 11.3 Å². The highest BCUT2D eigenvalue weighted by Gasteiger charge is 2.23. The summed E-state index contributed by atoms with van der Waals surface area (Å²) in [6.07, 6.45) is 0.230. The van der Waals surface area contributed by atoms with Crippen molar-refractivity contribution in [1.82, 2.24) is 5.32 Å². The number of nitrogens with two attached hydrogens (primary N) is 1. The first-order chi connectivity index (χ1) is 11.9. The predicted molar refractivity (Wildman–Crippen MR) is 95.6 cm³/mol. The summed E-state index contributed by atoms with van der Waals surface area (Å²) in [5.41, 5.74) is 7.06. The largest absolute Gasteiger partial charge is 0.508 e. The number of nitrogen functional groups attached to an aromatic ring is 1. The summed E-state index contributed by atoms with van der Waals surface area (Å²) >= 11 is 5.93. The van der Waals surface area contributed by atoms with Gasteiger partial charge in [0.2, 0.25) is 0 Å². The molecule has 0 aliphatic heterocycles. The van der Waals surface area contributed by atoms with Gasteiger partial charge in [0.05, 0.1) is 17.3 Å². The summed E-state index contributed by atoms with van der Waals surface area (Å²) < 4.78 is 5.03. The van der Waals surface area contributed by atoms with Gasteiger partial charge in [-0.15, -0.1) is 0 Å². The van der Waals surface area contributed by atoms with Gasteiger partial charge < -0.3 is 20.9 Å². The number of hydrogen-bond acceptors (Lipinski definition) is 5. The standard InChI is InChI=1S/C18H19ClN2O4/c1-2-25-18(24)16(9-11-3-6-13(22)7-4-11)21-17(23)12-5-8-15(20)14(19)10-12/h3-8,10,16,22H,2,9,20H2,1H3,(H,21,23). The van der Waals surface area contributed by atoms with Crippen molar-refractivity contribution in [2.75, 3.05) is 12.3 Å². The monoisotopic (exact) mass is 362 g/mol. The van der Waals surface area contributed by atoms with E-state index in [-0.39, 0.29) is 23.8 Å². The molecule has 0 fully saturated rings. The maximum Gasteiger partial charge on any atom is 0.328 e. The van der Waals surface area contributed by atoms with Crippen LogP contribution in [0, 0.1) is 0 Å². The Bertz CT molecular complexity index is 762. The minimum Gasteiger partial charge on any atom is -0.508 e. The van der Waals surface area contributed by atoms with Crippen LogP contribution in [-0.4, -0.2) is 29.6 Å². The van der Waals surface area contributed by atoms with Crippen LogP contribution in [0.1, 0.15) is 22.8 Å². The number of nitrogens with one attached hydrogen (secondary N) is 1. The summed E-state index contributed by atoms with van der Waals surface area (Å²) in [6, 6.07) is 10.00. The summed E-state index contributed by atoms with van der Waals surface area (Å²) in [5.74, 6) is -0.874. The van der Waals surface area contributed by atoms with Gasteiger partial charge in [0.1, 0.15) is 11.8 Å². The lowest BCUT2D eigenvalue weighted by Gasteiger charge is -2.18. The van der Waals surface area contributed by atoms with Gasteiger partial charge >= 0.3 is 5.97 Å². The van der Waals surface area contributed by atoms with Crippen LogP contribution >= 0.6 is 11.6 Å². The number of halogens is 1. The quantitative estimate of drug-likeness (QED) is 0.541. The smallest absolute Gasteiger partial charge is 0.328 e. The summed E-state index contributed by atoms with van der Waals surface area (Å²) in [7, 11) is 0. The first-order valence-electron chi connectivity index (χ1n) is 7.71. The molecule has 1 atom stereocenters. The van der Waals surface area contributed by atoms with Crippen LogP contribution in [0.25, 0.3) is 0 Å². The van der Waals surface area contributed by atoms with Crippen molar-refractivity contribution >= 4 is 29.2 Å². The zero-order valence-electron chi connectivity index (χ0n) is 13.7. The molecule has 2 aromatic carbocycles. The molecule has 0 aliphatic rings. The lowest BCUT2D eigenvalue weighted by atomic mass is 10.0. The summed E-state index contributed by atoms with van der Waals surface area (Å²) in [6.45, 7) is 1.89. The molecule has 1 amide bonds. The SMILES string of the molecule is CCOC(=O)C(Cc1ccc(O)cc1)NC(=O)c1ccc(N)c(Cl)c1. The number of esters is 1. The van der Waals surface area contributed by atoms with Gasteiger partial charge in [-0.25, -0.2) is 4.79 Å². The second-order valence-electron chi connectivity index (χ2n) is 5.38. The number of ether oxygens (including phenoxy) is 1. The van der Waals surface area contributed by atoms with Crippen molar-refractivity contribution in [2.24, 2.45) is 0 Å². The summed E-state index contributed by atoms with van der Waals surface area (Å²) in [5, 5.41) is 12.3. The Hall–Kier alpha value is -2.73.